The number of nitrogens with zero attached hydrogens (tertiary/aromatic N) is 1. The lowest BCUT2D eigenvalue weighted by molar-refractivity contribution is 0.108. The third-order valence-electron chi connectivity index (χ3n) is 3.68. The number of nitrogens with one attached hydrogen (secondary N) is 1. The highest BCUT2D eigenvalue weighted by Crippen LogP contribution is 2.21. The SMILES string of the molecule is CCCNC1CCN(C(C)C)CC1CC. The average molecular weight is 212 g/mol. The molecule has 1 heterocycles. The summed E-state index contributed by atoms with van der Waals surface area (Å²) in [6.07, 6.45) is 3.89. The minimum absolute atomic E-state index is 0.714. The zero-order valence-electron chi connectivity index (χ0n) is 10.9. The fourth-order valence-corrected chi connectivity index (χ4v) is 2.54. The third-order valence-corrected chi connectivity index (χ3v) is 3.68. The molecule has 2 heteroatoms. The van der Waals surface area contributed by atoms with Gasteiger partial charge in [0.05, 0.1) is 0 Å². The second-order valence-corrected chi connectivity index (χ2v) is 5.11. The molecular formula is C13H28N2. The summed E-state index contributed by atoms with van der Waals surface area (Å²) in [5.74, 6) is 0.854. The van der Waals surface area contributed by atoms with E-state index in [1.165, 1.54) is 38.9 Å². The van der Waals surface area contributed by atoms with Crippen molar-refractivity contribution in [1.82, 2.24) is 10.2 Å². The predicted molar refractivity (Wildman–Crippen MR) is 67.2 cm³/mol. The molecule has 0 aromatic heterocycles. The quantitative estimate of drug-likeness (QED) is 0.753. The Morgan fingerprint density at radius 2 is 2.07 bits per heavy atom. The molecule has 0 radical (unpaired) electrons. The predicted octanol–water partition coefficient (Wildman–Crippen LogP) is 2.49. The lowest BCUT2D eigenvalue weighted by atomic mass is 9.89. The molecule has 2 nitrogen and oxygen atoms in total. The molecule has 90 valence electrons. The zero-order valence-corrected chi connectivity index (χ0v) is 10.9. The summed E-state index contributed by atoms with van der Waals surface area (Å²) in [7, 11) is 0. The number of piperidine rings is 1. The maximum atomic E-state index is 3.71. The summed E-state index contributed by atoms with van der Waals surface area (Å²) in [4.78, 5) is 2.62. The first-order valence-corrected chi connectivity index (χ1v) is 6.66. The van der Waals surface area contributed by atoms with E-state index >= 15 is 0 Å². The number of hydrogen-bond donors (Lipinski definition) is 1. The van der Waals surface area contributed by atoms with E-state index in [0.29, 0.717) is 6.04 Å². The molecule has 2 unspecified atom stereocenters. The lowest BCUT2D eigenvalue weighted by Crippen LogP contribution is -2.51. The van der Waals surface area contributed by atoms with Gasteiger partial charge in [-0.2, -0.15) is 0 Å². The van der Waals surface area contributed by atoms with Gasteiger partial charge in [-0.3, -0.25) is 0 Å². The molecule has 1 N–H and O–H groups in total. The Hall–Kier alpha value is -0.0800. The summed E-state index contributed by atoms with van der Waals surface area (Å²) in [5.41, 5.74) is 0. The summed E-state index contributed by atoms with van der Waals surface area (Å²) >= 11 is 0. The van der Waals surface area contributed by atoms with Crippen molar-refractivity contribution < 1.29 is 0 Å². The van der Waals surface area contributed by atoms with E-state index in [2.05, 4.69) is 37.9 Å². The van der Waals surface area contributed by atoms with Crippen molar-refractivity contribution in [3.05, 3.63) is 0 Å². The van der Waals surface area contributed by atoms with Crippen molar-refractivity contribution in [2.45, 2.75) is 59.0 Å². The largest absolute Gasteiger partial charge is 0.314 e. The summed E-state index contributed by atoms with van der Waals surface area (Å²) < 4.78 is 0. The highest BCUT2D eigenvalue weighted by atomic mass is 15.2. The Morgan fingerprint density at radius 1 is 1.33 bits per heavy atom. The van der Waals surface area contributed by atoms with Crippen molar-refractivity contribution in [2.75, 3.05) is 19.6 Å². The van der Waals surface area contributed by atoms with Crippen LogP contribution in [0.4, 0.5) is 0 Å². The Bertz CT molecular complexity index is 168. The van der Waals surface area contributed by atoms with E-state index in [1.54, 1.807) is 0 Å². The topological polar surface area (TPSA) is 15.3 Å². The molecule has 0 aromatic rings. The maximum Gasteiger partial charge on any atom is 0.0120 e. The van der Waals surface area contributed by atoms with Crippen molar-refractivity contribution >= 4 is 0 Å². The van der Waals surface area contributed by atoms with E-state index in [9.17, 15) is 0 Å². The first-order chi connectivity index (χ1) is 7.19. The van der Waals surface area contributed by atoms with Crippen LogP contribution in [0.5, 0.6) is 0 Å². The monoisotopic (exact) mass is 212 g/mol. The normalized spacial score (nSPS) is 28.6. The third kappa shape index (κ3) is 3.76. The number of hydrogen-bond acceptors (Lipinski definition) is 2. The number of likely N-dealkylation sites (tertiary alicyclic amines) is 1. The summed E-state index contributed by atoms with van der Waals surface area (Å²) in [6, 6.07) is 1.48. The highest BCUT2D eigenvalue weighted by molar-refractivity contribution is 4.85. The van der Waals surface area contributed by atoms with Crippen LogP contribution in [0, 0.1) is 5.92 Å². The van der Waals surface area contributed by atoms with Crippen LogP contribution < -0.4 is 5.32 Å². The van der Waals surface area contributed by atoms with Crippen LogP contribution in [0.3, 0.4) is 0 Å². The van der Waals surface area contributed by atoms with Crippen LogP contribution in [0.25, 0.3) is 0 Å². The standard InChI is InChI=1S/C13H28N2/c1-5-8-14-13-7-9-15(11(3)4)10-12(13)6-2/h11-14H,5-10H2,1-4H3. The Kier molecular flexibility index (Phi) is 5.62. The molecule has 0 saturated carbocycles. The molecule has 0 amide bonds. The average Bonchev–Trinajstić information content (AvgIpc) is 2.25. The van der Waals surface area contributed by atoms with Gasteiger partial charge in [-0.15, -0.1) is 0 Å². The molecule has 0 bridgehead atoms. The molecule has 0 aliphatic carbocycles. The van der Waals surface area contributed by atoms with E-state index in [1.807, 2.05) is 0 Å². The Balaban J connectivity index is 2.41. The fraction of sp³-hybridized carbons (Fsp3) is 1.00. The Labute approximate surface area is 95.4 Å². The van der Waals surface area contributed by atoms with Gasteiger partial charge >= 0.3 is 0 Å². The van der Waals surface area contributed by atoms with Crippen LogP contribution in [0.2, 0.25) is 0 Å². The van der Waals surface area contributed by atoms with Gasteiger partial charge in [0, 0.05) is 18.6 Å². The molecule has 1 aliphatic heterocycles. The first kappa shape index (κ1) is 13.0. The highest BCUT2D eigenvalue weighted by Gasteiger charge is 2.28. The van der Waals surface area contributed by atoms with Gasteiger partial charge in [0.15, 0.2) is 0 Å². The van der Waals surface area contributed by atoms with Gasteiger partial charge in [0.1, 0.15) is 0 Å². The zero-order chi connectivity index (χ0) is 11.3. The van der Waals surface area contributed by atoms with Gasteiger partial charge in [0.25, 0.3) is 0 Å². The molecule has 0 spiro atoms. The molecule has 15 heavy (non-hydrogen) atoms. The van der Waals surface area contributed by atoms with Crippen LogP contribution in [0.15, 0.2) is 0 Å². The van der Waals surface area contributed by atoms with Gasteiger partial charge in [-0.25, -0.2) is 0 Å². The lowest BCUT2D eigenvalue weighted by Gasteiger charge is -2.40. The molecule has 1 aliphatic rings. The van der Waals surface area contributed by atoms with Crippen molar-refractivity contribution in [2.24, 2.45) is 5.92 Å². The minimum Gasteiger partial charge on any atom is -0.314 e. The number of rotatable bonds is 5. The first-order valence-electron chi connectivity index (χ1n) is 6.66. The minimum atomic E-state index is 0.714. The molecule has 2 atom stereocenters. The second kappa shape index (κ2) is 6.49. The van der Waals surface area contributed by atoms with E-state index in [-0.39, 0.29) is 0 Å². The molecule has 0 aromatic carbocycles. The second-order valence-electron chi connectivity index (χ2n) is 5.11. The maximum absolute atomic E-state index is 3.71. The summed E-state index contributed by atoms with van der Waals surface area (Å²) in [5, 5.41) is 3.71. The van der Waals surface area contributed by atoms with Gasteiger partial charge in [0.2, 0.25) is 0 Å². The van der Waals surface area contributed by atoms with Crippen molar-refractivity contribution in [3.8, 4) is 0 Å². The van der Waals surface area contributed by atoms with Crippen LogP contribution in [-0.4, -0.2) is 36.6 Å². The van der Waals surface area contributed by atoms with Crippen molar-refractivity contribution in [3.63, 3.8) is 0 Å². The summed E-state index contributed by atoms with van der Waals surface area (Å²) in [6.45, 7) is 12.9. The van der Waals surface area contributed by atoms with Gasteiger partial charge in [-0.05, 0) is 45.7 Å². The molecule has 1 rings (SSSR count). The van der Waals surface area contributed by atoms with Gasteiger partial charge in [-0.1, -0.05) is 20.3 Å². The van der Waals surface area contributed by atoms with Gasteiger partial charge < -0.3 is 10.2 Å². The van der Waals surface area contributed by atoms with E-state index in [0.717, 1.165) is 12.0 Å². The molecule has 1 saturated heterocycles. The molecule has 1 fully saturated rings. The van der Waals surface area contributed by atoms with Crippen LogP contribution >= 0.6 is 0 Å². The van der Waals surface area contributed by atoms with Crippen LogP contribution in [-0.2, 0) is 0 Å². The van der Waals surface area contributed by atoms with E-state index in [4.69, 9.17) is 0 Å². The molecular weight excluding hydrogens is 184 g/mol. The smallest absolute Gasteiger partial charge is 0.0120 e. The fourth-order valence-electron chi connectivity index (χ4n) is 2.54. The van der Waals surface area contributed by atoms with E-state index < -0.39 is 0 Å². The van der Waals surface area contributed by atoms with Crippen LogP contribution in [0.1, 0.15) is 47.0 Å². The van der Waals surface area contributed by atoms with Crippen molar-refractivity contribution in [1.29, 1.82) is 0 Å². The Morgan fingerprint density at radius 3 is 2.60 bits per heavy atom.